The van der Waals surface area contributed by atoms with Gasteiger partial charge in [0, 0.05) is 31.7 Å². The molecule has 4 bridgehead atoms. The molecule has 0 spiro atoms. The van der Waals surface area contributed by atoms with Crippen molar-refractivity contribution in [2.45, 2.75) is 44.1 Å². The first-order valence-corrected chi connectivity index (χ1v) is 9.07. The second-order valence-electron chi connectivity index (χ2n) is 8.03. The van der Waals surface area contributed by atoms with E-state index < -0.39 is 0 Å². The lowest BCUT2D eigenvalue weighted by Gasteiger charge is -2.56. The quantitative estimate of drug-likeness (QED) is 0.829. The summed E-state index contributed by atoms with van der Waals surface area (Å²) in [7, 11) is 0. The molecule has 22 heavy (non-hydrogen) atoms. The number of nitrogens with one attached hydrogen (secondary N) is 2. The van der Waals surface area contributed by atoms with E-state index in [2.05, 4.69) is 15.5 Å². The molecule has 4 saturated carbocycles. The summed E-state index contributed by atoms with van der Waals surface area (Å²) < 4.78 is 5.34. The normalized spacial score (nSPS) is 40.6. The first-order chi connectivity index (χ1) is 10.7. The van der Waals surface area contributed by atoms with Gasteiger partial charge in [0.05, 0.1) is 13.2 Å². The molecule has 2 amide bonds. The predicted molar refractivity (Wildman–Crippen MR) is 84.7 cm³/mol. The summed E-state index contributed by atoms with van der Waals surface area (Å²) in [5.41, 5.74) is 0.123. The third-order valence-electron chi connectivity index (χ3n) is 6.23. The number of hydrogen-bond acceptors (Lipinski definition) is 3. The molecule has 5 rings (SSSR count). The van der Waals surface area contributed by atoms with Crippen LogP contribution in [-0.4, -0.2) is 55.9 Å². The van der Waals surface area contributed by atoms with Crippen molar-refractivity contribution in [1.82, 2.24) is 15.5 Å². The number of carbonyl (C=O) groups excluding carboxylic acids is 1. The molecule has 5 aliphatic rings. The Bertz CT molecular complexity index is 385. The maximum absolute atomic E-state index is 12.3. The molecule has 0 radical (unpaired) electrons. The fraction of sp³-hybridized carbons (Fsp3) is 0.941. The van der Waals surface area contributed by atoms with Crippen molar-refractivity contribution in [2.75, 3.05) is 39.4 Å². The molecular weight excluding hydrogens is 278 g/mol. The summed E-state index contributed by atoms with van der Waals surface area (Å²) in [6, 6.07) is 0.0511. The maximum Gasteiger partial charge on any atom is 0.315 e. The maximum atomic E-state index is 12.3. The minimum atomic E-state index is 0.0511. The second kappa shape index (κ2) is 6.00. The molecule has 5 nitrogen and oxygen atoms in total. The molecule has 0 aromatic heterocycles. The summed E-state index contributed by atoms with van der Waals surface area (Å²) in [4.78, 5) is 14.7. The van der Waals surface area contributed by atoms with Crippen LogP contribution in [0.4, 0.5) is 4.79 Å². The van der Waals surface area contributed by atoms with Gasteiger partial charge in [0.1, 0.15) is 0 Å². The van der Waals surface area contributed by atoms with E-state index in [1.165, 1.54) is 38.5 Å². The summed E-state index contributed by atoms with van der Waals surface area (Å²) in [5, 5.41) is 6.44. The smallest absolute Gasteiger partial charge is 0.315 e. The van der Waals surface area contributed by atoms with Crippen LogP contribution in [-0.2, 0) is 4.74 Å². The largest absolute Gasteiger partial charge is 0.379 e. The van der Waals surface area contributed by atoms with E-state index in [1.807, 2.05) is 0 Å². The second-order valence-corrected chi connectivity index (χ2v) is 8.03. The first-order valence-electron chi connectivity index (χ1n) is 9.07. The van der Waals surface area contributed by atoms with Crippen LogP contribution < -0.4 is 10.6 Å². The average molecular weight is 307 g/mol. The Balaban J connectivity index is 1.24. The Morgan fingerprint density at radius 3 is 2.23 bits per heavy atom. The lowest BCUT2D eigenvalue weighted by Crippen LogP contribution is -2.61. The molecule has 1 heterocycles. The molecule has 2 N–H and O–H groups in total. The van der Waals surface area contributed by atoms with E-state index in [0.717, 1.165) is 57.1 Å². The summed E-state index contributed by atoms with van der Waals surface area (Å²) in [6.07, 6.45) is 7.90. The number of rotatable bonds is 4. The van der Waals surface area contributed by atoms with Crippen molar-refractivity contribution in [3.05, 3.63) is 0 Å². The molecule has 0 aromatic carbocycles. The van der Waals surface area contributed by atoms with Crippen molar-refractivity contribution < 1.29 is 9.53 Å². The van der Waals surface area contributed by atoms with Gasteiger partial charge in [0.15, 0.2) is 0 Å². The molecule has 0 aromatic rings. The summed E-state index contributed by atoms with van der Waals surface area (Å²) >= 11 is 0. The van der Waals surface area contributed by atoms with E-state index in [4.69, 9.17) is 4.74 Å². The van der Waals surface area contributed by atoms with Gasteiger partial charge in [-0.1, -0.05) is 0 Å². The molecule has 5 fully saturated rings. The molecule has 124 valence electrons. The topological polar surface area (TPSA) is 53.6 Å². The lowest BCUT2D eigenvalue weighted by atomic mass is 9.53. The van der Waals surface area contributed by atoms with Crippen LogP contribution >= 0.6 is 0 Å². The lowest BCUT2D eigenvalue weighted by molar-refractivity contribution is -0.0135. The van der Waals surface area contributed by atoms with Crippen molar-refractivity contribution in [1.29, 1.82) is 0 Å². The highest BCUT2D eigenvalue weighted by atomic mass is 16.5. The van der Waals surface area contributed by atoms with E-state index >= 15 is 0 Å². The third-order valence-corrected chi connectivity index (χ3v) is 6.23. The zero-order valence-electron chi connectivity index (χ0n) is 13.5. The van der Waals surface area contributed by atoms with Crippen LogP contribution in [0.15, 0.2) is 0 Å². The van der Waals surface area contributed by atoms with Gasteiger partial charge in [-0.3, -0.25) is 4.90 Å². The Labute approximate surface area is 133 Å². The van der Waals surface area contributed by atoms with Gasteiger partial charge in [-0.05, 0) is 56.3 Å². The summed E-state index contributed by atoms with van der Waals surface area (Å²) in [6.45, 7) is 5.27. The molecule has 1 saturated heterocycles. The van der Waals surface area contributed by atoms with E-state index in [1.54, 1.807) is 0 Å². The predicted octanol–water partition coefficient (Wildman–Crippen LogP) is 1.59. The van der Waals surface area contributed by atoms with Gasteiger partial charge >= 0.3 is 6.03 Å². The van der Waals surface area contributed by atoms with E-state index in [0.29, 0.717) is 0 Å². The van der Waals surface area contributed by atoms with Gasteiger partial charge in [0.2, 0.25) is 0 Å². The highest BCUT2D eigenvalue weighted by molar-refractivity contribution is 5.74. The fourth-order valence-electron chi connectivity index (χ4n) is 5.70. The minimum Gasteiger partial charge on any atom is -0.379 e. The number of carbonyl (C=O) groups is 1. The zero-order valence-corrected chi connectivity index (χ0v) is 13.5. The van der Waals surface area contributed by atoms with Gasteiger partial charge in [-0.2, -0.15) is 0 Å². The van der Waals surface area contributed by atoms with Crippen molar-refractivity contribution in [2.24, 2.45) is 17.8 Å². The van der Waals surface area contributed by atoms with Crippen LogP contribution in [0.1, 0.15) is 38.5 Å². The summed E-state index contributed by atoms with van der Waals surface area (Å²) in [5.74, 6) is 2.62. The molecule has 4 aliphatic carbocycles. The van der Waals surface area contributed by atoms with Gasteiger partial charge in [-0.15, -0.1) is 0 Å². The van der Waals surface area contributed by atoms with Crippen LogP contribution in [0.25, 0.3) is 0 Å². The number of ether oxygens (including phenoxy) is 1. The van der Waals surface area contributed by atoms with Crippen molar-refractivity contribution >= 4 is 6.03 Å². The Morgan fingerprint density at radius 1 is 1.05 bits per heavy atom. The average Bonchev–Trinajstić information content (AvgIpc) is 2.46. The third kappa shape index (κ3) is 3.11. The molecule has 5 heteroatoms. The van der Waals surface area contributed by atoms with Crippen LogP contribution in [0.2, 0.25) is 0 Å². The fourth-order valence-corrected chi connectivity index (χ4v) is 5.70. The number of nitrogens with zero attached hydrogens (tertiary/aromatic N) is 1. The van der Waals surface area contributed by atoms with Crippen molar-refractivity contribution in [3.8, 4) is 0 Å². The molecule has 1 aliphatic heterocycles. The Hall–Kier alpha value is -0.810. The van der Waals surface area contributed by atoms with E-state index in [9.17, 15) is 4.79 Å². The first kappa shape index (κ1) is 14.8. The molecule has 0 unspecified atom stereocenters. The standard InChI is InChI=1S/C17H29N3O2/c21-16(18-1-2-20-3-5-22-6-4-20)19-17-10-13-7-14(11-17)9-15(8-13)12-17/h13-15H,1-12H2,(H2,18,19,21). The van der Waals surface area contributed by atoms with E-state index in [-0.39, 0.29) is 11.6 Å². The van der Waals surface area contributed by atoms with Crippen LogP contribution in [0.5, 0.6) is 0 Å². The monoisotopic (exact) mass is 307 g/mol. The number of amides is 2. The zero-order chi connectivity index (χ0) is 15.0. The number of urea groups is 1. The number of hydrogen-bond donors (Lipinski definition) is 2. The van der Waals surface area contributed by atoms with Gasteiger partial charge < -0.3 is 15.4 Å². The minimum absolute atomic E-state index is 0.0511. The Morgan fingerprint density at radius 2 is 1.64 bits per heavy atom. The Kier molecular flexibility index (Phi) is 4.03. The number of morpholine rings is 1. The van der Waals surface area contributed by atoms with Crippen LogP contribution in [0.3, 0.4) is 0 Å². The SMILES string of the molecule is O=C(NCCN1CCOCC1)NC12CC3CC(CC(C3)C1)C2. The van der Waals surface area contributed by atoms with Gasteiger partial charge in [-0.25, -0.2) is 4.79 Å². The molecular formula is C17H29N3O2. The molecule has 0 atom stereocenters. The highest BCUT2D eigenvalue weighted by Crippen LogP contribution is 2.55. The van der Waals surface area contributed by atoms with Crippen molar-refractivity contribution in [3.63, 3.8) is 0 Å². The highest BCUT2D eigenvalue weighted by Gasteiger charge is 2.51. The van der Waals surface area contributed by atoms with Crippen LogP contribution in [0, 0.1) is 17.8 Å². The van der Waals surface area contributed by atoms with Gasteiger partial charge in [0.25, 0.3) is 0 Å².